The number of rotatable bonds is 0. The van der Waals surface area contributed by atoms with E-state index in [1.807, 2.05) is 0 Å². The molecule has 134 valence electrons. The van der Waals surface area contributed by atoms with Gasteiger partial charge in [0, 0.05) is 16.3 Å². The molecule has 0 bridgehead atoms. The van der Waals surface area contributed by atoms with Gasteiger partial charge in [-0.3, -0.25) is 0 Å². The first kappa shape index (κ1) is 18.0. The van der Waals surface area contributed by atoms with Gasteiger partial charge < -0.3 is 4.42 Å². The molecule has 25 heavy (non-hydrogen) atoms. The molecule has 0 saturated carbocycles. The van der Waals surface area contributed by atoms with Crippen molar-refractivity contribution in [1.82, 2.24) is 0 Å². The average molecular weight is 337 g/mol. The standard InChI is InChI=1S/C24H32O/c1-22(2,3)16-14-17(23(4,5)6)21-19(20(16)24(7,8)9)15-12-10-11-13-18(15)25-21/h10-14H,1-9H3. The van der Waals surface area contributed by atoms with Crippen LogP contribution in [0.3, 0.4) is 0 Å². The van der Waals surface area contributed by atoms with Crippen LogP contribution in [-0.2, 0) is 16.2 Å². The summed E-state index contributed by atoms with van der Waals surface area (Å²) in [6.07, 6.45) is 0. The summed E-state index contributed by atoms with van der Waals surface area (Å²) in [4.78, 5) is 0. The third-order valence-corrected chi connectivity index (χ3v) is 5.01. The van der Waals surface area contributed by atoms with Gasteiger partial charge in [0.2, 0.25) is 0 Å². The highest BCUT2D eigenvalue weighted by Gasteiger charge is 2.33. The second kappa shape index (κ2) is 5.37. The maximum absolute atomic E-state index is 6.41. The first-order valence-corrected chi connectivity index (χ1v) is 9.31. The zero-order valence-corrected chi connectivity index (χ0v) is 17.3. The topological polar surface area (TPSA) is 13.1 Å². The monoisotopic (exact) mass is 336 g/mol. The molecule has 0 aliphatic rings. The van der Waals surface area contributed by atoms with Crippen LogP contribution in [0.2, 0.25) is 0 Å². The van der Waals surface area contributed by atoms with Gasteiger partial charge in [0.1, 0.15) is 11.2 Å². The molecule has 0 N–H and O–H groups in total. The van der Waals surface area contributed by atoms with Gasteiger partial charge in [-0.15, -0.1) is 0 Å². The minimum Gasteiger partial charge on any atom is -0.456 e. The van der Waals surface area contributed by atoms with Crippen molar-refractivity contribution >= 4 is 21.9 Å². The van der Waals surface area contributed by atoms with Crippen LogP contribution in [0.1, 0.15) is 79.0 Å². The molecule has 0 aliphatic carbocycles. The van der Waals surface area contributed by atoms with Crippen LogP contribution in [-0.4, -0.2) is 0 Å². The molecule has 0 atom stereocenters. The van der Waals surface area contributed by atoms with Crippen LogP contribution in [0.4, 0.5) is 0 Å². The van der Waals surface area contributed by atoms with E-state index >= 15 is 0 Å². The van der Waals surface area contributed by atoms with E-state index in [0.717, 1.165) is 11.2 Å². The van der Waals surface area contributed by atoms with Crippen LogP contribution in [0, 0.1) is 0 Å². The highest BCUT2D eigenvalue weighted by Crippen LogP contribution is 2.46. The van der Waals surface area contributed by atoms with Crippen molar-refractivity contribution in [2.24, 2.45) is 0 Å². The number of benzene rings is 2. The van der Waals surface area contributed by atoms with E-state index in [0.29, 0.717) is 0 Å². The van der Waals surface area contributed by atoms with Crippen molar-refractivity contribution in [3.8, 4) is 0 Å². The van der Waals surface area contributed by atoms with Gasteiger partial charge in [-0.2, -0.15) is 0 Å². The molecule has 0 fully saturated rings. The van der Waals surface area contributed by atoms with Crippen molar-refractivity contribution in [2.45, 2.75) is 78.6 Å². The number of hydrogen-bond donors (Lipinski definition) is 0. The fourth-order valence-corrected chi connectivity index (χ4v) is 3.83. The fraction of sp³-hybridized carbons (Fsp3) is 0.500. The van der Waals surface area contributed by atoms with Gasteiger partial charge in [-0.1, -0.05) is 86.6 Å². The lowest BCUT2D eigenvalue weighted by atomic mass is 9.71. The second-order valence-corrected chi connectivity index (χ2v) is 10.4. The van der Waals surface area contributed by atoms with Gasteiger partial charge in [-0.25, -0.2) is 0 Å². The molecule has 0 amide bonds. The smallest absolute Gasteiger partial charge is 0.139 e. The van der Waals surface area contributed by atoms with E-state index in [1.165, 1.54) is 27.5 Å². The lowest BCUT2D eigenvalue weighted by molar-refractivity contribution is 0.524. The SMILES string of the molecule is CC(C)(C)c1cc(C(C)(C)C)c2oc3ccccc3c2c1C(C)(C)C. The van der Waals surface area contributed by atoms with E-state index in [2.05, 4.69) is 92.6 Å². The summed E-state index contributed by atoms with van der Waals surface area (Å²) in [5.41, 5.74) is 6.36. The molecule has 1 aromatic heterocycles. The highest BCUT2D eigenvalue weighted by molar-refractivity contribution is 6.09. The Morgan fingerprint density at radius 3 is 1.76 bits per heavy atom. The third kappa shape index (κ3) is 2.99. The number of fused-ring (bicyclic) bond motifs is 3. The van der Waals surface area contributed by atoms with Crippen molar-refractivity contribution in [3.05, 3.63) is 47.0 Å². The van der Waals surface area contributed by atoms with Crippen LogP contribution in [0.15, 0.2) is 34.7 Å². The molecular formula is C24H32O. The predicted molar refractivity (Wildman–Crippen MR) is 110 cm³/mol. The van der Waals surface area contributed by atoms with E-state index in [4.69, 9.17) is 4.42 Å². The van der Waals surface area contributed by atoms with Crippen LogP contribution >= 0.6 is 0 Å². The van der Waals surface area contributed by atoms with Crippen molar-refractivity contribution in [3.63, 3.8) is 0 Å². The summed E-state index contributed by atoms with van der Waals surface area (Å²) < 4.78 is 6.41. The van der Waals surface area contributed by atoms with Gasteiger partial charge in [0.15, 0.2) is 0 Å². The van der Waals surface area contributed by atoms with Crippen molar-refractivity contribution in [1.29, 1.82) is 0 Å². The Kier molecular flexibility index (Phi) is 3.87. The molecule has 3 aromatic rings. The lowest BCUT2D eigenvalue weighted by Gasteiger charge is -2.33. The third-order valence-electron chi connectivity index (χ3n) is 5.01. The maximum Gasteiger partial charge on any atom is 0.139 e. The predicted octanol–water partition coefficient (Wildman–Crippen LogP) is 7.48. The maximum atomic E-state index is 6.41. The quantitative estimate of drug-likeness (QED) is 0.415. The van der Waals surface area contributed by atoms with E-state index in [-0.39, 0.29) is 16.2 Å². The molecule has 3 rings (SSSR count). The van der Waals surface area contributed by atoms with E-state index in [9.17, 15) is 0 Å². The van der Waals surface area contributed by atoms with Gasteiger partial charge in [0.05, 0.1) is 0 Å². The Balaban J connectivity index is 2.66. The summed E-state index contributed by atoms with van der Waals surface area (Å²) in [6.45, 7) is 20.7. The minimum absolute atomic E-state index is 0.0303. The molecular weight excluding hydrogens is 304 g/mol. The number of para-hydroxylation sites is 1. The zero-order valence-electron chi connectivity index (χ0n) is 17.3. The first-order chi connectivity index (χ1) is 11.3. The number of hydrogen-bond acceptors (Lipinski definition) is 1. The molecule has 1 heteroatoms. The summed E-state index contributed by atoms with van der Waals surface area (Å²) in [7, 11) is 0. The number of furan rings is 1. The molecule has 0 unspecified atom stereocenters. The Morgan fingerprint density at radius 1 is 0.680 bits per heavy atom. The summed E-state index contributed by atoms with van der Waals surface area (Å²) in [5.74, 6) is 0. The molecule has 0 spiro atoms. The summed E-state index contributed by atoms with van der Waals surface area (Å²) in [5, 5.41) is 2.54. The van der Waals surface area contributed by atoms with Crippen molar-refractivity contribution in [2.75, 3.05) is 0 Å². The highest BCUT2D eigenvalue weighted by atomic mass is 16.3. The van der Waals surface area contributed by atoms with Gasteiger partial charge in [-0.05, 0) is 33.4 Å². The zero-order chi connectivity index (χ0) is 18.8. The Bertz CT molecular complexity index is 935. The molecule has 0 saturated heterocycles. The summed E-state index contributed by atoms with van der Waals surface area (Å²) >= 11 is 0. The van der Waals surface area contributed by atoms with E-state index < -0.39 is 0 Å². The van der Waals surface area contributed by atoms with Gasteiger partial charge in [0.25, 0.3) is 0 Å². The molecule has 1 heterocycles. The summed E-state index contributed by atoms with van der Waals surface area (Å²) in [6, 6.07) is 10.9. The largest absolute Gasteiger partial charge is 0.456 e. The van der Waals surface area contributed by atoms with Gasteiger partial charge >= 0.3 is 0 Å². The Labute approximate surface area is 152 Å². The molecule has 1 nitrogen and oxygen atoms in total. The van der Waals surface area contributed by atoms with Crippen LogP contribution < -0.4 is 0 Å². The first-order valence-electron chi connectivity index (χ1n) is 9.31. The Hall–Kier alpha value is -1.76. The molecule has 2 aromatic carbocycles. The Morgan fingerprint density at radius 2 is 1.24 bits per heavy atom. The van der Waals surface area contributed by atoms with Crippen LogP contribution in [0.5, 0.6) is 0 Å². The van der Waals surface area contributed by atoms with E-state index in [1.54, 1.807) is 0 Å². The molecule has 0 radical (unpaired) electrons. The average Bonchev–Trinajstić information content (AvgIpc) is 2.81. The normalized spacial score (nSPS) is 13.8. The van der Waals surface area contributed by atoms with Crippen molar-refractivity contribution < 1.29 is 4.42 Å². The van der Waals surface area contributed by atoms with Crippen LogP contribution in [0.25, 0.3) is 21.9 Å². The molecule has 0 aliphatic heterocycles. The fourth-order valence-electron chi connectivity index (χ4n) is 3.83. The second-order valence-electron chi connectivity index (χ2n) is 10.4. The minimum atomic E-state index is 0.0303. The lowest BCUT2D eigenvalue weighted by Crippen LogP contribution is -2.24.